The fourth-order valence-electron chi connectivity index (χ4n) is 3.14. The number of benzene rings is 2. The number of methoxy groups -OCH3 is 1. The molecule has 0 saturated carbocycles. The molecule has 0 heterocycles. The number of hydrogen-bond donors (Lipinski definition) is 2. The minimum Gasteiger partial charge on any atom is -0.493 e. The Labute approximate surface area is 201 Å². The lowest BCUT2D eigenvalue weighted by Crippen LogP contribution is -2.38. The molecule has 0 fully saturated rings. The van der Waals surface area contributed by atoms with Crippen LogP contribution < -0.4 is 20.1 Å². The molecule has 8 nitrogen and oxygen atoms in total. The van der Waals surface area contributed by atoms with E-state index >= 15 is 0 Å². The number of rotatable bonds is 10. The van der Waals surface area contributed by atoms with Crippen molar-refractivity contribution < 1.29 is 37.0 Å². The van der Waals surface area contributed by atoms with Crippen molar-refractivity contribution in [3.05, 3.63) is 53.6 Å². The van der Waals surface area contributed by atoms with Gasteiger partial charge in [-0.3, -0.25) is 14.4 Å². The number of nitrogens with zero attached hydrogens (tertiary/aromatic N) is 1. The maximum atomic E-state index is 13.2. The van der Waals surface area contributed by atoms with Gasteiger partial charge in [-0.1, -0.05) is 12.1 Å². The number of hydrogen-bond acceptors (Lipinski definition) is 5. The maximum absolute atomic E-state index is 13.2. The SMILES string of the molecule is CCN(CC(=O)Nc1ccccc1C(F)(F)F)C(=O)c1ccc(OCC(=O)NC(C)C)c(OC)c1. The number of amides is 3. The zero-order valence-corrected chi connectivity index (χ0v) is 19.9. The van der Waals surface area contributed by atoms with E-state index in [9.17, 15) is 27.6 Å². The van der Waals surface area contributed by atoms with E-state index in [1.54, 1.807) is 6.92 Å². The van der Waals surface area contributed by atoms with Crippen molar-refractivity contribution in [3.8, 4) is 11.5 Å². The van der Waals surface area contributed by atoms with Crippen LogP contribution in [0.15, 0.2) is 42.5 Å². The van der Waals surface area contributed by atoms with Gasteiger partial charge in [0.1, 0.15) is 6.54 Å². The van der Waals surface area contributed by atoms with E-state index in [2.05, 4.69) is 10.6 Å². The Kier molecular flexibility index (Phi) is 9.50. The van der Waals surface area contributed by atoms with Crippen LogP contribution in [0.4, 0.5) is 18.9 Å². The second-order valence-electron chi connectivity index (χ2n) is 7.79. The number of anilines is 1. The van der Waals surface area contributed by atoms with Crippen LogP contribution in [0, 0.1) is 0 Å². The Morgan fingerprint density at radius 1 is 1.03 bits per heavy atom. The Hall–Kier alpha value is -3.76. The highest BCUT2D eigenvalue weighted by Gasteiger charge is 2.33. The van der Waals surface area contributed by atoms with Gasteiger partial charge in [-0.2, -0.15) is 13.2 Å². The molecular weight excluding hydrogens is 467 g/mol. The van der Waals surface area contributed by atoms with Gasteiger partial charge < -0.3 is 25.0 Å². The van der Waals surface area contributed by atoms with Crippen LogP contribution in [0.3, 0.4) is 0 Å². The molecule has 2 aromatic carbocycles. The smallest absolute Gasteiger partial charge is 0.418 e. The van der Waals surface area contributed by atoms with E-state index in [4.69, 9.17) is 9.47 Å². The van der Waals surface area contributed by atoms with Crippen molar-refractivity contribution >= 4 is 23.4 Å². The van der Waals surface area contributed by atoms with E-state index in [0.717, 1.165) is 12.1 Å². The molecular formula is C24H28F3N3O5. The first-order chi connectivity index (χ1) is 16.5. The predicted molar refractivity (Wildman–Crippen MR) is 123 cm³/mol. The van der Waals surface area contributed by atoms with Crippen molar-refractivity contribution in [1.29, 1.82) is 0 Å². The average molecular weight is 495 g/mol. The molecule has 0 aliphatic carbocycles. The first-order valence-electron chi connectivity index (χ1n) is 10.8. The second kappa shape index (κ2) is 12.1. The van der Waals surface area contributed by atoms with Crippen LogP contribution in [0.25, 0.3) is 0 Å². The molecule has 190 valence electrons. The van der Waals surface area contributed by atoms with Crippen LogP contribution >= 0.6 is 0 Å². The number of para-hydroxylation sites is 1. The number of carbonyl (C=O) groups excluding carboxylic acids is 3. The first-order valence-corrected chi connectivity index (χ1v) is 10.8. The molecule has 0 aromatic heterocycles. The molecule has 3 amide bonds. The van der Waals surface area contributed by atoms with Crippen LogP contribution in [0.1, 0.15) is 36.7 Å². The van der Waals surface area contributed by atoms with Crippen LogP contribution in [0.2, 0.25) is 0 Å². The number of nitrogens with one attached hydrogen (secondary N) is 2. The lowest BCUT2D eigenvalue weighted by molar-refractivity contribution is -0.137. The van der Waals surface area contributed by atoms with Gasteiger partial charge in [-0.15, -0.1) is 0 Å². The molecule has 2 aromatic rings. The molecule has 0 aliphatic rings. The molecule has 11 heteroatoms. The van der Waals surface area contributed by atoms with Crippen molar-refractivity contribution in [3.63, 3.8) is 0 Å². The van der Waals surface area contributed by atoms with E-state index < -0.39 is 35.8 Å². The monoisotopic (exact) mass is 495 g/mol. The summed E-state index contributed by atoms with van der Waals surface area (Å²) < 4.78 is 50.2. The van der Waals surface area contributed by atoms with Crippen molar-refractivity contribution in [2.75, 3.05) is 32.1 Å². The lowest BCUT2D eigenvalue weighted by Gasteiger charge is -2.22. The summed E-state index contributed by atoms with van der Waals surface area (Å²) in [7, 11) is 1.37. The molecule has 2 rings (SSSR count). The minimum absolute atomic E-state index is 0.0489. The zero-order chi connectivity index (χ0) is 26.2. The Morgan fingerprint density at radius 3 is 2.31 bits per heavy atom. The van der Waals surface area contributed by atoms with Crippen LogP contribution in [0.5, 0.6) is 11.5 Å². The highest BCUT2D eigenvalue weighted by molar-refractivity contribution is 6.00. The van der Waals surface area contributed by atoms with Crippen molar-refractivity contribution in [1.82, 2.24) is 10.2 Å². The predicted octanol–water partition coefficient (Wildman–Crippen LogP) is 3.72. The zero-order valence-electron chi connectivity index (χ0n) is 19.9. The molecule has 0 bridgehead atoms. The van der Waals surface area contributed by atoms with Gasteiger partial charge in [0.15, 0.2) is 18.1 Å². The van der Waals surface area contributed by atoms with Crippen molar-refractivity contribution in [2.24, 2.45) is 0 Å². The summed E-state index contributed by atoms with van der Waals surface area (Å²) >= 11 is 0. The quantitative estimate of drug-likeness (QED) is 0.524. The number of halogens is 3. The second-order valence-corrected chi connectivity index (χ2v) is 7.79. The molecule has 0 radical (unpaired) electrons. The topological polar surface area (TPSA) is 97.0 Å². The largest absolute Gasteiger partial charge is 0.493 e. The molecule has 0 atom stereocenters. The van der Waals surface area contributed by atoms with Gasteiger partial charge in [0.25, 0.3) is 11.8 Å². The Morgan fingerprint density at radius 2 is 1.71 bits per heavy atom. The Bertz CT molecular complexity index is 1060. The van der Waals surface area contributed by atoms with E-state index in [1.807, 2.05) is 13.8 Å². The fourth-order valence-corrected chi connectivity index (χ4v) is 3.14. The van der Waals surface area contributed by atoms with Crippen LogP contribution in [-0.2, 0) is 15.8 Å². The third-order valence-corrected chi connectivity index (χ3v) is 4.73. The molecule has 0 unspecified atom stereocenters. The average Bonchev–Trinajstić information content (AvgIpc) is 2.79. The number of alkyl halides is 3. The maximum Gasteiger partial charge on any atom is 0.418 e. The molecule has 0 aliphatic heterocycles. The molecule has 0 saturated heterocycles. The standard InChI is InChI=1S/C24H28F3N3O5/c1-5-30(13-21(31)29-18-9-7-6-8-17(18)24(25,26)27)23(33)16-10-11-19(20(12-16)34-4)35-14-22(32)28-15(2)3/h6-12,15H,5,13-14H2,1-4H3,(H,28,32)(H,29,31). The summed E-state index contributed by atoms with van der Waals surface area (Å²) in [6.07, 6.45) is -4.64. The summed E-state index contributed by atoms with van der Waals surface area (Å²) in [5.74, 6) is -1.19. The summed E-state index contributed by atoms with van der Waals surface area (Å²) in [6, 6.07) is 8.85. The van der Waals surface area contributed by atoms with Gasteiger partial charge in [-0.05, 0) is 51.1 Å². The summed E-state index contributed by atoms with van der Waals surface area (Å²) in [5, 5.41) is 4.91. The summed E-state index contributed by atoms with van der Waals surface area (Å²) in [4.78, 5) is 38.4. The highest BCUT2D eigenvalue weighted by atomic mass is 19.4. The minimum atomic E-state index is -4.64. The number of ether oxygens (including phenoxy) is 2. The summed E-state index contributed by atoms with van der Waals surface area (Å²) in [6.45, 7) is 4.68. The van der Waals surface area contributed by atoms with Gasteiger partial charge in [0.05, 0.1) is 18.4 Å². The molecule has 35 heavy (non-hydrogen) atoms. The van der Waals surface area contributed by atoms with Gasteiger partial charge in [-0.25, -0.2) is 0 Å². The third-order valence-electron chi connectivity index (χ3n) is 4.73. The molecule has 2 N–H and O–H groups in total. The van der Waals surface area contributed by atoms with Gasteiger partial charge in [0.2, 0.25) is 5.91 Å². The summed E-state index contributed by atoms with van der Waals surface area (Å²) in [5.41, 5.74) is -1.20. The van der Waals surface area contributed by atoms with Crippen LogP contribution in [-0.4, -0.2) is 55.5 Å². The highest BCUT2D eigenvalue weighted by Crippen LogP contribution is 2.34. The van der Waals surface area contributed by atoms with Gasteiger partial charge in [0, 0.05) is 18.2 Å². The third kappa shape index (κ3) is 7.90. The van der Waals surface area contributed by atoms with E-state index in [-0.39, 0.29) is 42.2 Å². The number of carbonyl (C=O) groups is 3. The van der Waals surface area contributed by atoms with E-state index in [1.165, 1.54) is 42.3 Å². The van der Waals surface area contributed by atoms with E-state index in [0.29, 0.717) is 0 Å². The first kappa shape index (κ1) is 27.5. The van der Waals surface area contributed by atoms with Gasteiger partial charge >= 0.3 is 6.18 Å². The normalized spacial score (nSPS) is 11.1. The lowest BCUT2D eigenvalue weighted by atomic mass is 10.1. The number of likely N-dealkylation sites (N-methyl/N-ethyl adjacent to an activating group) is 1. The molecule has 0 spiro atoms. The fraction of sp³-hybridized carbons (Fsp3) is 0.375. The Balaban J connectivity index is 2.11. The van der Waals surface area contributed by atoms with Crippen molar-refractivity contribution in [2.45, 2.75) is 33.0 Å².